The van der Waals surface area contributed by atoms with E-state index in [2.05, 4.69) is 14.4 Å². The van der Waals surface area contributed by atoms with Gasteiger partial charge in [0.2, 0.25) is 0 Å². The Bertz CT molecular complexity index is 1450. The lowest BCUT2D eigenvalue weighted by Crippen LogP contribution is -2.28. The number of benzene rings is 2. The molecule has 0 saturated carbocycles. The van der Waals surface area contributed by atoms with E-state index in [1.54, 1.807) is 35.8 Å². The highest BCUT2D eigenvalue weighted by atomic mass is 35.5. The van der Waals surface area contributed by atoms with Crippen molar-refractivity contribution in [2.75, 3.05) is 0 Å². The summed E-state index contributed by atoms with van der Waals surface area (Å²) >= 11 is 6.03. The number of halogens is 4. The molecule has 2 aromatic carbocycles. The third-order valence-corrected chi connectivity index (χ3v) is 6.68. The number of Topliss-reactive ketones (excluding diaryl/α,β-unsaturated/α-hetero) is 1. The van der Waals surface area contributed by atoms with E-state index in [0.717, 1.165) is 12.1 Å². The van der Waals surface area contributed by atoms with Gasteiger partial charge in [0, 0.05) is 29.0 Å². The van der Waals surface area contributed by atoms with E-state index in [0.29, 0.717) is 46.5 Å². The van der Waals surface area contributed by atoms with Crippen LogP contribution >= 0.6 is 11.6 Å². The van der Waals surface area contributed by atoms with Gasteiger partial charge in [-0.15, -0.1) is 10.2 Å². The molecule has 0 bridgehead atoms. The Balaban J connectivity index is 1.94. The van der Waals surface area contributed by atoms with E-state index in [1.807, 2.05) is 6.92 Å². The van der Waals surface area contributed by atoms with Crippen molar-refractivity contribution < 1.29 is 30.6 Å². The van der Waals surface area contributed by atoms with Gasteiger partial charge < -0.3 is 4.18 Å². The van der Waals surface area contributed by atoms with Gasteiger partial charge in [0.05, 0.1) is 11.4 Å². The van der Waals surface area contributed by atoms with E-state index in [9.17, 15) is 26.4 Å². The molecule has 1 aliphatic heterocycles. The molecule has 0 N–H and O–H groups in total. The van der Waals surface area contributed by atoms with Crippen LogP contribution in [0, 0.1) is 6.92 Å². The zero-order valence-electron chi connectivity index (χ0n) is 19.1. The second-order valence-electron chi connectivity index (χ2n) is 8.10. The van der Waals surface area contributed by atoms with Gasteiger partial charge in [-0.2, -0.15) is 21.6 Å². The van der Waals surface area contributed by atoms with Crippen molar-refractivity contribution in [3.63, 3.8) is 0 Å². The fourth-order valence-corrected chi connectivity index (χ4v) is 4.45. The molecule has 4 rings (SSSR count). The molecule has 0 amide bonds. The largest absolute Gasteiger partial charge is 0.534 e. The predicted octanol–water partition coefficient (Wildman–Crippen LogP) is 5.11. The first-order valence-corrected chi connectivity index (χ1v) is 12.6. The van der Waals surface area contributed by atoms with E-state index in [4.69, 9.17) is 16.6 Å². The number of carbonyl (C=O) groups is 1. The Labute approximate surface area is 209 Å². The van der Waals surface area contributed by atoms with Crippen molar-refractivity contribution in [1.29, 1.82) is 0 Å². The van der Waals surface area contributed by atoms with E-state index >= 15 is 0 Å². The Morgan fingerprint density at radius 1 is 1.14 bits per heavy atom. The SMILES string of the molecule is CCCC(=O)C[C@@H]1N=C(c2ccc(Cl)cc2)c2cc(OS(=O)(=O)C(F)(F)F)ccc2-n2c(C)nnc21. The molecule has 36 heavy (non-hydrogen) atoms. The van der Waals surface area contributed by atoms with Gasteiger partial charge >= 0.3 is 15.6 Å². The minimum absolute atomic E-state index is 0.0306. The van der Waals surface area contributed by atoms with Crippen molar-refractivity contribution in [2.24, 2.45) is 4.99 Å². The molecule has 0 saturated heterocycles. The van der Waals surface area contributed by atoms with Crippen molar-refractivity contribution in [2.45, 2.75) is 44.7 Å². The normalized spacial score (nSPS) is 15.5. The number of carbonyl (C=O) groups excluding carboxylic acids is 1. The Morgan fingerprint density at radius 3 is 2.47 bits per heavy atom. The molecule has 190 valence electrons. The van der Waals surface area contributed by atoms with Gasteiger partial charge in [0.25, 0.3) is 0 Å². The summed E-state index contributed by atoms with van der Waals surface area (Å²) in [5, 5.41) is 8.78. The van der Waals surface area contributed by atoms with Crippen LogP contribution in [0.15, 0.2) is 47.5 Å². The molecule has 8 nitrogen and oxygen atoms in total. The first-order chi connectivity index (χ1) is 16.9. The Hall–Kier alpha value is -3.25. The monoisotopic (exact) mass is 540 g/mol. The first kappa shape index (κ1) is 25.8. The molecule has 0 spiro atoms. The van der Waals surface area contributed by atoms with Crippen LogP contribution < -0.4 is 4.18 Å². The van der Waals surface area contributed by atoms with Gasteiger partial charge in [-0.1, -0.05) is 30.7 Å². The van der Waals surface area contributed by atoms with E-state index < -0.39 is 27.4 Å². The molecule has 0 fully saturated rings. The summed E-state index contributed by atoms with van der Waals surface area (Å²) in [6.07, 6.45) is 1.03. The van der Waals surface area contributed by atoms with Gasteiger partial charge in [-0.3, -0.25) is 14.4 Å². The Morgan fingerprint density at radius 2 is 1.83 bits per heavy atom. The topological polar surface area (TPSA) is 104 Å². The summed E-state index contributed by atoms with van der Waals surface area (Å²) in [5.41, 5.74) is -4.06. The zero-order chi connectivity index (χ0) is 26.3. The zero-order valence-corrected chi connectivity index (χ0v) is 20.7. The highest BCUT2D eigenvalue weighted by Gasteiger charge is 2.48. The smallest absolute Gasteiger partial charge is 0.376 e. The number of fused-ring (bicyclic) bond motifs is 3. The number of nitrogens with zero attached hydrogens (tertiary/aromatic N) is 4. The fourth-order valence-electron chi connectivity index (χ4n) is 3.87. The highest BCUT2D eigenvalue weighted by molar-refractivity contribution is 7.88. The number of alkyl halides is 3. The highest BCUT2D eigenvalue weighted by Crippen LogP contribution is 2.36. The van der Waals surface area contributed by atoms with Gasteiger partial charge in [0.15, 0.2) is 5.82 Å². The van der Waals surface area contributed by atoms with Gasteiger partial charge in [0.1, 0.15) is 23.4 Å². The van der Waals surface area contributed by atoms with Crippen LogP contribution in [-0.2, 0) is 14.9 Å². The number of aromatic nitrogens is 3. The molecule has 13 heteroatoms. The summed E-state index contributed by atoms with van der Waals surface area (Å²) in [4.78, 5) is 17.4. The van der Waals surface area contributed by atoms with Gasteiger partial charge in [-0.25, -0.2) is 0 Å². The molecular formula is C23H20ClF3N4O4S. The van der Waals surface area contributed by atoms with Crippen LogP contribution in [0.25, 0.3) is 5.69 Å². The lowest BCUT2D eigenvalue weighted by atomic mass is 10.00. The number of aliphatic imine (C=N–C) groups is 1. The van der Waals surface area contributed by atoms with Crippen molar-refractivity contribution in [3.8, 4) is 11.4 Å². The minimum atomic E-state index is -5.90. The average Bonchev–Trinajstić information content (AvgIpc) is 3.11. The molecule has 0 aliphatic carbocycles. The lowest BCUT2D eigenvalue weighted by molar-refractivity contribution is -0.119. The quantitative estimate of drug-likeness (QED) is 0.305. The van der Waals surface area contributed by atoms with Gasteiger partial charge in [-0.05, 0) is 43.7 Å². The second-order valence-corrected chi connectivity index (χ2v) is 10.1. The fraction of sp³-hybridized carbons (Fsp3) is 0.304. The van der Waals surface area contributed by atoms with E-state index in [-0.39, 0.29) is 17.8 Å². The van der Waals surface area contributed by atoms with Crippen LogP contribution in [0.2, 0.25) is 5.02 Å². The summed E-state index contributed by atoms with van der Waals surface area (Å²) < 4.78 is 68.1. The lowest BCUT2D eigenvalue weighted by Gasteiger charge is -2.15. The summed E-state index contributed by atoms with van der Waals surface area (Å²) in [5.74, 6) is 0.225. The van der Waals surface area contributed by atoms with Crippen LogP contribution in [0.5, 0.6) is 5.75 Å². The predicted molar refractivity (Wildman–Crippen MR) is 126 cm³/mol. The maximum atomic E-state index is 12.9. The molecule has 0 radical (unpaired) electrons. The summed E-state index contributed by atoms with van der Waals surface area (Å²) in [7, 11) is -5.90. The minimum Gasteiger partial charge on any atom is -0.376 e. The molecule has 2 heterocycles. The standard InChI is InChI=1S/C23H20ClF3N4O4S/c1-3-4-16(32)11-19-22-30-29-13(2)31(22)20-10-9-17(35-36(33,34)23(25,26)27)12-18(20)21(28-19)14-5-7-15(24)8-6-14/h5-10,12,19H,3-4,11H2,1-2H3/t19-/m0/s1. The van der Waals surface area contributed by atoms with E-state index in [1.165, 1.54) is 6.07 Å². The van der Waals surface area contributed by atoms with Crippen LogP contribution in [0.4, 0.5) is 13.2 Å². The molecule has 1 aromatic heterocycles. The first-order valence-electron chi connectivity index (χ1n) is 10.8. The summed E-state index contributed by atoms with van der Waals surface area (Å²) in [6, 6.07) is 9.47. The van der Waals surface area contributed by atoms with Crippen LogP contribution in [0.3, 0.4) is 0 Å². The average molecular weight is 541 g/mol. The van der Waals surface area contributed by atoms with Crippen molar-refractivity contribution >= 4 is 33.2 Å². The molecule has 0 unspecified atom stereocenters. The van der Waals surface area contributed by atoms with Crippen molar-refractivity contribution in [3.05, 3.63) is 70.3 Å². The molecule has 1 atom stereocenters. The second kappa shape index (κ2) is 9.66. The number of rotatable bonds is 7. The third-order valence-electron chi connectivity index (χ3n) is 5.45. The summed E-state index contributed by atoms with van der Waals surface area (Å²) in [6.45, 7) is 3.56. The number of aryl methyl sites for hydroxylation is 1. The molecule has 3 aromatic rings. The molecule has 1 aliphatic rings. The Kier molecular flexibility index (Phi) is 6.93. The van der Waals surface area contributed by atoms with Crippen LogP contribution in [0.1, 0.15) is 55.0 Å². The number of ketones is 1. The maximum Gasteiger partial charge on any atom is 0.534 e. The number of hydrogen-bond donors (Lipinski definition) is 0. The van der Waals surface area contributed by atoms with Crippen LogP contribution in [-0.4, -0.2) is 40.2 Å². The number of hydrogen-bond acceptors (Lipinski definition) is 7. The molecular weight excluding hydrogens is 521 g/mol. The third kappa shape index (κ3) is 5.00. The maximum absolute atomic E-state index is 12.9. The van der Waals surface area contributed by atoms with Crippen molar-refractivity contribution in [1.82, 2.24) is 14.8 Å².